The van der Waals surface area contributed by atoms with Gasteiger partial charge in [0.1, 0.15) is 5.75 Å². The molecule has 0 saturated carbocycles. The molecular weight excluding hydrogens is 316 g/mol. The van der Waals surface area contributed by atoms with E-state index in [-0.39, 0.29) is 5.97 Å². The number of hydrogen-bond donors (Lipinski definition) is 0. The monoisotopic (exact) mass is 336 g/mol. The summed E-state index contributed by atoms with van der Waals surface area (Å²) in [6.45, 7) is 5.29. The molecule has 6 heteroatoms. The average Bonchev–Trinajstić information content (AvgIpc) is 2.84. The van der Waals surface area contributed by atoms with Crippen LogP contribution in [0.3, 0.4) is 0 Å². The molecule has 5 nitrogen and oxygen atoms in total. The van der Waals surface area contributed by atoms with Crippen LogP contribution < -0.4 is 4.74 Å². The lowest BCUT2D eigenvalue weighted by Crippen LogP contribution is -2.13. The average molecular weight is 337 g/mol. The second kappa shape index (κ2) is 8.58. The lowest BCUT2D eigenvalue weighted by molar-refractivity contribution is -0.144. The summed E-state index contributed by atoms with van der Waals surface area (Å²) in [5.74, 6) is 0.536. The van der Waals surface area contributed by atoms with Crippen molar-refractivity contribution in [3.8, 4) is 5.75 Å². The molecule has 1 heterocycles. The lowest BCUT2D eigenvalue weighted by Gasteiger charge is -2.08. The summed E-state index contributed by atoms with van der Waals surface area (Å²) in [5, 5.41) is 4.99. The Morgan fingerprint density at radius 2 is 1.96 bits per heavy atom. The van der Waals surface area contributed by atoms with Crippen molar-refractivity contribution in [1.29, 1.82) is 0 Å². The Morgan fingerprint density at radius 3 is 2.61 bits per heavy atom. The van der Waals surface area contributed by atoms with Crippen molar-refractivity contribution in [2.75, 3.05) is 13.2 Å². The van der Waals surface area contributed by atoms with E-state index in [2.05, 4.69) is 5.10 Å². The Balaban J connectivity index is 1.58. The largest absolute Gasteiger partial charge is 0.493 e. The zero-order valence-electron chi connectivity index (χ0n) is 13.4. The first-order valence-corrected chi connectivity index (χ1v) is 7.97. The van der Waals surface area contributed by atoms with E-state index in [1.165, 1.54) is 0 Å². The third-order valence-electron chi connectivity index (χ3n) is 3.27. The number of esters is 1. The molecule has 1 aromatic heterocycles. The minimum absolute atomic E-state index is 0.218. The molecule has 124 valence electrons. The zero-order valence-corrected chi connectivity index (χ0v) is 14.2. The molecule has 0 aliphatic rings. The highest BCUT2D eigenvalue weighted by atomic mass is 35.5. The molecule has 0 unspecified atom stereocenters. The number of carbonyl (C=O) groups excluding carboxylic acids is 1. The number of aromatic nitrogens is 2. The molecule has 0 N–H and O–H groups in total. The highest BCUT2D eigenvalue weighted by Gasteiger charge is 2.06. The van der Waals surface area contributed by atoms with Crippen LogP contribution in [0.4, 0.5) is 0 Å². The Bertz CT molecular complexity index is 638. The van der Waals surface area contributed by atoms with Crippen molar-refractivity contribution in [3.05, 3.63) is 46.7 Å². The maximum Gasteiger partial charge on any atom is 0.307 e. The molecule has 0 aliphatic carbocycles. The number of rotatable bonds is 8. The van der Waals surface area contributed by atoms with Gasteiger partial charge in [-0.15, -0.1) is 0 Å². The third kappa shape index (κ3) is 5.94. The van der Waals surface area contributed by atoms with E-state index in [9.17, 15) is 4.79 Å². The van der Waals surface area contributed by atoms with Crippen molar-refractivity contribution in [3.63, 3.8) is 0 Å². The first-order chi connectivity index (χ1) is 11.0. The van der Waals surface area contributed by atoms with Crippen LogP contribution in [-0.4, -0.2) is 29.0 Å². The molecule has 0 fully saturated rings. The summed E-state index contributed by atoms with van der Waals surface area (Å²) >= 11 is 5.80. The van der Waals surface area contributed by atoms with Gasteiger partial charge < -0.3 is 9.47 Å². The zero-order chi connectivity index (χ0) is 16.7. The van der Waals surface area contributed by atoms with Gasteiger partial charge in [-0.25, -0.2) is 0 Å². The SMILES string of the molecule is Cc1cc(C)n(CCC(=O)OCCCOc2ccc(Cl)cc2)n1. The lowest BCUT2D eigenvalue weighted by atomic mass is 10.3. The Hall–Kier alpha value is -2.01. The van der Waals surface area contributed by atoms with Crippen LogP contribution in [0.15, 0.2) is 30.3 Å². The number of halogens is 1. The molecule has 0 atom stereocenters. The summed E-state index contributed by atoms with van der Waals surface area (Å²) < 4.78 is 12.5. The minimum atomic E-state index is -0.218. The smallest absolute Gasteiger partial charge is 0.307 e. The van der Waals surface area contributed by atoms with Crippen molar-refractivity contribution >= 4 is 17.6 Å². The van der Waals surface area contributed by atoms with Gasteiger partial charge in [-0.3, -0.25) is 9.48 Å². The van der Waals surface area contributed by atoms with Gasteiger partial charge in [0.15, 0.2) is 0 Å². The fraction of sp³-hybridized carbons (Fsp3) is 0.412. The van der Waals surface area contributed by atoms with E-state index in [4.69, 9.17) is 21.1 Å². The summed E-state index contributed by atoms with van der Waals surface area (Å²) in [4.78, 5) is 11.7. The van der Waals surface area contributed by atoms with E-state index >= 15 is 0 Å². The third-order valence-corrected chi connectivity index (χ3v) is 3.52. The van der Waals surface area contributed by atoms with Crippen LogP contribution >= 0.6 is 11.6 Å². The molecule has 2 rings (SSSR count). The van der Waals surface area contributed by atoms with Crippen molar-refractivity contribution < 1.29 is 14.3 Å². The Labute approximate surface area is 141 Å². The molecular formula is C17H21ClN2O3. The van der Waals surface area contributed by atoms with Crippen molar-refractivity contribution in [2.45, 2.75) is 33.2 Å². The normalized spacial score (nSPS) is 10.6. The van der Waals surface area contributed by atoms with Gasteiger partial charge >= 0.3 is 5.97 Å². The van der Waals surface area contributed by atoms with E-state index in [0.717, 1.165) is 17.1 Å². The van der Waals surface area contributed by atoms with Gasteiger partial charge in [0.05, 0.1) is 31.9 Å². The standard InChI is InChI=1S/C17H21ClN2O3/c1-13-12-14(2)20(19-13)9-8-17(21)23-11-3-10-22-16-6-4-15(18)5-7-16/h4-7,12H,3,8-11H2,1-2H3. The number of hydrogen-bond acceptors (Lipinski definition) is 4. The molecule has 0 saturated heterocycles. The van der Waals surface area contributed by atoms with Crippen LogP contribution in [0.1, 0.15) is 24.2 Å². The Morgan fingerprint density at radius 1 is 1.22 bits per heavy atom. The van der Waals surface area contributed by atoms with Crippen LogP contribution in [-0.2, 0) is 16.1 Å². The highest BCUT2D eigenvalue weighted by molar-refractivity contribution is 6.30. The van der Waals surface area contributed by atoms with Gasteiger partial charge in [-0.2, -0.15) is 5.10 Å². The molecule has 0 spiro atoms. The van der Waals surface area contributed by atoms with Crippen LogP contribution in [0.25, 0.3) is 0 Å². The first kappa shape index (κ1) is 17.3. The molecule has 0 amide bonds. The van der Waals surface area contributed by atoms with Gasteiger partial charge in [0, 0.05) is 17.1 Å². The van der Waals surface area contributed by atoms with E-state index in [0.29, 0.717) is 37.6 Å². The van der Waals surface area contributed by atoms with E-state index in [1.54, 1.807) is 12.1 Å². The highest BCUT2D eigenvalue weighted by Crippen LogP contribution is 2.15. The summed E-state index contributed by atoms with van der Waals surface area (Å²) in [6.07, 6.45) is 0.967. The molecule has 23 heavy (non-hydrogen) atoms. The summed E-state index contributed by atoms with van der Waals surface area (Å²) in [7, 11) is 0. The van der Waals surface area contributed by atoms with Crippen LogP contribution in [0.2, 0.25) is 5.02 Å². The summed E-state index contributed by atoms with van der Waals surface area (Å²) in [5.41, 5.74) is 2.00. The number of aryl methyl sites for hydroxylation is 3. The Kier molecular flexibility index (Phi) is 6.47. The van der Waals surface area contributed by atoms with Crippen LogP contribution in [0.5, 0.6) is 5.75 Å². The van der Waals surface area contributed by atoms with E-state index < -0.39 is 0 Å². The molecule has 2 aromatic rings. The predicted octanol–water partition coefficient (Wildman–Crippen LogP) is 3.56. The van der Waals surface area contributed by atoms with E-state index in [1.807, 2.05) is 36.7 Å². The number of nitrogens with zero attached hydrogens (tertiary/aromatic N) is 2. The summed E-state index contributed by atoms with van der Waals surface area (Å²) in [6, 6.07) is 9.15. The molecule has 0 bridgehead atoms. The maximum absolute atomic E-state index is 11.7. The van der Waals surface area contributed by atoms with Gasteiger partial charge in [-0.05, 0) is 44.2 Å². The van der Waals surface area contributed by atoms with Gasteiger partial charge in [0.25, 0.3) is 0 Å². The number of benzene rings is 1. The van der Waals surface area contributed by atoms with Gasteiger partial charge in [-0.1, -0.05) is 11.6 Å². The molecule has 0 radical (unpaired) electrons. The second-order valence-corrected chi connectivity index (χ2v) is 5.71. The molecule has 1 aromatic carbocycles. The van der Waals surface area contributed by atoms with Gasteiger partial charge in [0.2, 0.25) is 0 Å². The molecule has 0 aliphatic heterocycles. The van der Waals surface area contributed by atoms with Crippen LogP contribution in [0, 0.1) is 13.8 Å². The second-order valence-electron chi connectivity index (χ2n) is 5.28. The maximum atomic E-state index is 11.7. The van der Waals surface area contributed by atoms with Crippen molar-refractivity contribution in [1.82, 2.24) is 9.78 Å². The quantitative estimate of drug-likeness (QED) is 0.546. The number of carbonyl (C=O) groups is 1. The predicted molar refractivity (Wildman–Crippen MR) is 88.8 cm³/mol. The topological polar surface area (TPSA) is 53.4 Å². The fourth-order valence-corrected chi connectivity index (χ4v) is 2.26. The fourth-order valence-electron chi connectivity index (χ4n) is 2.14. The minimum Gasteiger partial charge on any atom is -0.493 e. The number of ether oxygens (including phenoxy) is 2. The van der Waals surface area contributed by atoms with Crippen molar-refractivity contribution in [2.24, 2.45) is 0 Å². The first-order valence-electron chi connectivity index (χ1n) is 7.59.